The summed E-state index contributed by atoms with van der Waals surface area (Å²) in [6.45, 7) is 2.25. The number of Topliss-reactive ketones (excluding diaryl/α,β-unsaturated/α-hetero) is 1. The number of fused-ring (bicyclic) bond motifs is 1. The van der Waals surface area contributed by atoms with Crippen LogP contribution in [0.25, 0.3) is 0 Å². The maximum atomic E-state index is 12.0. The lowest BCUT2D eigenvalue weighted by Gasteiger charge is -2.36. The molecule has 1 aliphatic heterocycles. The standard InChI is InChI=1S/C12H18O2/c1-2-8-3-5-12(6-4-8)11(13)9-7-10(9)14-12/h8-10H,2-7H2,1H3. The first-order valence-corrected chi connectivity index (χ1v) is 5.97. The van der Waals surface area contributed by atoms with Crippen molar-refractivity contribution in [1.29, 1.82) is 0 Å². The smallest absolute Gasteiger partial charge is 0.170 e. The van der Waals surface area contributed by atoms with Crippen LogP contribution in [0.5, 0.6) is 0 Å². The van der Waals surface area contributed by atoms with Crippen LogP contribution in [-0.4, -0.2) is 17.5 Å². The molecule has 2 unspecified atom stereocenters. The fraction of sp³-hybridized carbons (Fsp3) is 0.917. The number of hydrogen-bond acceptors (Lipinski definition) is 2. The Labute approximate surface area is 85.0 Å². The minimum atomic E-state index is -0.306. The van der Waals surface area contributed by atoms with Gasteiger partial charge in [0.2, 0.25) is 0 Å². The summed E-state index contributed by atoms with van der Waals surface area (Å²) in [6, 6.07) is 0. The number of ketones is 1. The molecule has 0 aromatic carbocycles. The molecule has 0 bridgehead atoms. The van der Waals surface area contributed by atoms with Crippen molar-refractivity contribution in [3.8, 4) is 0 Å². The summed E-state index contributed by atoms with van der Waals surface area (Å²) < 4.78 is 5.92. The number of ether oxygens (including phenoxy) is 1. The monoisotopic (exact) mass is 194 g/mol. The molecule has 0 radical (unpaired) electrons. The van der Waals surface area contributed by atoms with Crippen molar-refractivity contribution < 1.29 is 9.53 Å². The normalized spacial score (nSPS) is 50.9. The molecular weight excluding hydrogens is 176 g/mol. The topological polar surface area (TPSA) is 26.3 Å². The number of rotatable bonds is 1. The molecule has 0 amide bonds. The second kappa shape index (κ2) is 2.82. The number of hydrogen-bond donors (Lipinski definition) is 0. The van der Waals surface area contributed by atoms with Crippen LogP contribution in [0.4, 0.5) is 0 Å². The van der Waals surface area contributed by atoms with Crippen molar-refractivity contribution in [1.82, 2.24) is 0 Å². The predicted molar refractivity (Wildman–Crippen MR) is 53.0 cm³/mol. The van der Waals surface area contributed by atoms with Crippen molar-refractivity contribution in [3.05, 3.63) is 0 Å². The molecule has 2 saturated carbocycles. The van der Waals surface area contributed by atoms with Crippen LogP contribution in [0.3, 0.4) is 0 Å². The Morgan fingerprint density at radius 3 is 2.64 bits per heavy atom. The highest BCUT2D eigenvalue weighted by Gasteiger charge is 2.62. The third-order valence-corrected chi connectivity index (χ3v) is 4.38. The predicted octanol–water partition coefficient (Wildman–Crippen LogP) is 2.31. The molecule has 2 heteroatoms. The van der Waals surface area contributed by atoms with Gasteiger partial charge in [-0.05, 0) is 38.0 Å². The third kappa shape index (κ3) is 1.10. The zero-order valence-corrected chi connectivity index (χ0v) is 8.79. The molecule has 0 aromatic rings. The Kier molecular flexibility index (Phi) is 1.79. The highest BCUT2D eigenvalue weighted by atomic mass is 16.5. The van der Waals surface area contributed by atoms with E-state index in [2.05, 4.69) is 6.92 Å². The lowest BCUT2D eigenvalue weighted by atomic mass is 9.75. The summed E-state index contributed by atoms with van der Waals surface area (Å²) in [5.74, 6) is 1.58. The number of carbonyl (C=O) groups is 1. The van der Waals surface area contributed by atoms with Crippen LogP contribution in [0.1, 0.15) is 45.4 Å². The molecule has 0 N–H and O–H groups in total. The summed E-state index contributed by atoms with van der Waals surface area (Å²) >= 11 is 0. The Morgan fingerprint density at radius 1 is 1.43 bits per heavy atom. The van der Waals surface area contributed by atoms with Crippen molar-refractivity contribution in [2.24, 2.45) is 11.8 Å². The zero-order valence-electron chi connectivity index (χ0n) is 8.79. The van der Waals surface area contributed by atoms with Gasteiger partial charge in [-0.3, -0.25) is 4.79 Å². The Bertz CT molecular complexity index is 263. The molecule has 1 heterocycles. The Hall–Kier alpha value is -0.370. The van der Waals surface area contributed by atoms with Crippen molar-refractivity contribution in [2.75, 3.05) is 0 Å². The molecule has 3 rings (SSSR count). The Balaban J connectivity index is 1.71. The summed E-state index contributed by atoms with van der Waals surface area (Å²) in [6.07, 6.45) is 6.98. The van der Waals surface area contributed by atoms with Gasteiger partial charge in [-0.1, -0.05) is 13.3 Å². The van der Waals surface area contributed by atoms with E-state index in [1.54, 1.807) is 0 Å². The lowest BCUT2D eigenvalue weighted by Crippen LogP contribution is -2.42. The van der Waals surface area contributed by atoms with Crippen molar-refractivity contribution >= 4 is 5.78 Å². The summed E-state index contributed by atoms with van der Waals surface area (Å²) in [4.78, 5) is 12.0. The van der Waals surface area contributed by atoms with Crippen LogP contribution in [0.15, 0.2) is 0 Å². The third-order valence-electron chi connectivity index (χ3n) is 4.38. The van der Waals surface area contributed by atoms with Crippen LogP contribution in [-0.2, 0) is 9.53 Å². The van der Waals surface area contributed by atoms with Gasteiger partial charge in [-0.15, -0.1) is 0 Å². The maximum Gasteiger partial charge on any atom is 0.170 e. The van der Waals surface area contributed by atoms with E-state index in [0.29, 0.717) is 17.8 Å². The quantitative estimate of drug-likeness (QED) is 0.640. The summed E-state index contributed by atoms with van der Waals surface area (Å²) in [5, 5.41) is 0. The first-order chi connectivity index (χ1) is 6.75. The average molecular weight is 194 g/mol. The van der Waals surface area contributed by atoms with E-state index >= 15 is 0 Å². The fourth-order valence-electron chi connectivity index (χ4n) is 3.18. The van der Waals surface area contributed by atoms with Gasteiger partial charge >= 0.3 is 0 Å². The minimum absolute atomic E-state index is 0.299. The fourth-order valence-corrected chi connectivity index (χ4v) is 3.18. The molecule has 3 aliphatic rings. The first-order valence-electron chi connectivity index (χ1n) is 5.97. The Morgan fingerprint density at radius 2 is 2.14 bits per heavy atom. The van der Waals surface area contributed by atoms with Crippen molar-refractivity contribution in [3.63, 3.8) is 0 Å². The molecule has 0 aromatic heterocycles. The largest absolute Gasteiger partial charge is 0.363 e. The maximum absolute atomic E-state index is 12.0. The van der Waals surface area contributed by atoms with E-state index in [1.165, 1.54) is 19.3 Å². The van der Waals surface area contributed by atoms with Gasteiger partial charge in [0, 0.05) is 5.92 Å². The molecule has 1 spiro atoms. The molecule has 2 atom stereocenters. The van der Waals surface area contributed by atoms with Gasteiger partial charge in [0.05, 0.1) is 6.10 Å². The minimum Gasteiger partial charge on any atom is -0.363 e. The van der Waals surface area contributed by atoms with E-state index < -0.39 is 0 Å². The second-order valence-corrected chi connectivity index (χ2v) is 5.21. The van der Waals surface area contributed by atoms with Gasteiger partial charge in [-0.2, -0.15) is 0 Å². The van der Waals surface area contributed by atoms with Crippen molar-refractivity contribution in [2.45, 2.75) is 57.2 Å². The zero-order chi connectivity index (χ0) is 9.76. The van der Waals surface area contributed by atoms with Gasteiger partial charge in [0.25, 0.3) is 0 Å². The van der Waals surface area contributed by atoms with E-state index in [4.69, 9.17) is 4.74 Å². The van der Waals surface area contributed by atoms with Gasteiger partial charge in [0.1, 0.15) is 5.60 Å². The molecule has 2 nitrogen and oxygen atoms in total. The lowest BCUT2D eigenvalue weighted by molar-refractivity contribution is -0.142. The van der Waals surface area contributed by atoms with E-state index in [0.717, 1.165) is 25.2 Å². The molecule has 3 fully saturated rings. The molecular formula is C12H18O2. The molecule has 1 saturated heterocycles. The van der Waals surface area contributed by atoms with E-state index in [9.17, 15) is 4.79 Å². The number of carbonyl (C=O) groups excluding carboxylic acids is 1. The van der Waals surface area contributed by atoms with Crippen LogP contribution in [0, 0.1) is 11.8 Å². The SMILES string of the molecule is CCC1CCC2(CC1)OC1CC1C2=O. The van der Waals surface area contributed by atoms with Crippen LogP contribution < -0.4 is 0 Å². The molecule has 2 aliphatic carbocycles. The summed E-state index contributed by atoms with van der Waals surface area (Å²) in [7, 11) is 0. The van der Waals surface area contributed by atoms with E-state index in [1.807, 2.05) is 0 Å². The van der Waals surface area contributed by atoms with Crippen LogP contribution in [0.2, 0.25) is 0 Å². The average Bonchev–Trinajstić information content (AvgIpc) is 2.92. The first kappa shape index (κ1) is 8.90. The highest BCUT2D eigenvalue weighted by molar-refractivity contribution is 5.94. The second-order valence-electron chi connectivity index (χ2n) is 5.21. The molecule has 14 heavy (non-hydrogen) atoms. The van der Waals surface area contributed by atoms with Gasteiger partial charge < -0.3 is 4.74 Å². The highest BCUT2D eigenvalue weighted by Crippen LogP contribution is 2.53. The van der Waals surface area contributed by atoms with Crippen LogP contribution >= 0.6 is 0 Å². The molecule has 78 valence electrons. The summed E-state index contributed by atoms with van der Waals surface area (Å²) in [5.41, 5.74) is -0.306. The van der Waals surface area contributed by atoms with E-state index in [-0.39, 0.29) is 5.60 Å². The van der Waals surface area contributed by atoms with Gasteiger partial charge in [0.15, 0.2) is 5.78 Å². The van der Waals surface area contributed by atoms with Gasteiger partial charge in [-0.25, -0.2) is 0 Å².